The summed E-state index contributed by atoms with van der Waals surface area (Å²) in [5.74, 6) is -2.24. The van der Waals surface area contributed by atoms with E-state index in [9.17, 15) is 45.3 Å². The highest BCUT2D eigenvalue weighted by Gasteiger charge is 2.52. The summed E-state index contributed by atoms with van der Waals surface area (Å²) >= 11 is 0. The largest absolute Gasteiger partial charge is 0.480 e. The summed E-state index contributed by atoms with van der Waals surface area (Å²) in [5, 5.41) is 70.7. The molecule has 0 saturated carbocycles. The van der Waals surface area contributed by atoms with E-state index < -0.39 is 111 Å². The van der Waals surface area contributed by atoms with Gasteiger partial charge >= 0.3 is 11.9 Å². The Kier molecular flexibility index (Phi) is 11.8. The average Bonchev–Trinajstić information content (AvgIpc) is 3.00. The number of benzene rings is 1. The van der Waals surface area contributed by atoms with Crippen molar-refractivity contribution in [3.05, 3.63) is 35.9 Å². The summed E-state index contributed by atoms with van der Waals surface area (Å²) in [7, 11) is 0. The van der Waals surface area contributed by atoms with Crippen molar-refractivity contribution in [3.8, 4) is 0 Å². The van der Waals surface area contributed by atoms with Crippen molar-refractivity contribution < 1.29 is 78.5 Å². The molecule has 0 radical (unpaired) electrons. The maximum atomic E-state index is 13.0. The third-order valence-electron chi connectivity index (χ3n) is 7.51. The molecule has 16 heteroatoms. The Hall–Kier alpha value is -2.32. The summed E-state index contributed by atoms with van der Waals surface area (Å²) in [4.78, 5) is 24.3. The zero-order valence-corrected chi connectivity index (χ0v) is 23.2. The number of carboxylic acids is 1. The van der Waals surface area contributed by atoms with E-state index in [1.54, 1.807) is 18.2 Å². The molecule has 13 atom stereocenters. The highest BCUT2D eigenvalue weighted by atomic mass is 16.8. The Labute approximate surface area is 246 Å². The molecule has 7 N–H and O–H groups in total. The van der Waals surface area contributed by atoms with Crippen molar-refractivity contribution in [1.82, 2.24) is 0 Å². The topological polar surface area (TPSA) is 240 Å². The third kappa shape index (κ3) is 7.86. The highest BCUT2D eigenvalue weighted by Crippen LogP contribution is 2.33. The van der Waals surface area contributed by atoms with Gasteiger partial charge < -0.3 is 68.9 Å². The van der Waals surface area contributed by atoms with Gasteiger partial charge in [-0.25, -0.2) is 9.59 Å². The number of hydrogen-bond acceptors (Lipinski definition) is 15. The molecule has 0 aliphatic carbocycles. The zero-order valence-electron chi connectivity index (χ0n) is 23.2. The van der Waals surface area contributed by atoms with E-state index in [4.69, 9.17) is 33.2 Å². The van der Waals surface area contributed by atoms with Gasteiger partial charge in [-0.1, -0.05) is 18.2 Å². The first-order chi connectivity index (χ1) is 20.5. The molecule has 3 aliphatic heterocycles. The fraction of sp³-hybridized carbons (Fsp3) is 0.704. The fourth-order valence-corrected chi connectivity index (χ4v) is 5.17. The summed E-state index contributed by atoms with van der Waals surface area (Å²) < 4.78 is 40.1. The molecule has 3 heterocycles. The molecule has 242 valence electrons. The average molecular weight is 619 g/mol. The number of aliphatic hydroxyl groups excluding tert-OH is 6. The van der Waals surface area contributed by atoms with E-state index >= 15 is 0 Å². The van der Waals surface area contributed by atoms with Gasteiger partial charge in [0.25, 0.3) is 0 Å². The molecule has 0 unspecified atom stereocenters. The predicted octanol–water partition coefficient (Wildman–Crippen LogP) is -2.86. The molecular weight excluding hydrogens is 580 g/mol. The van der Waals surface area contributed by atoms with Crippen LogP contribution in [0.3, 0.4) is 0 Å². The fourth-order valence-electron chi connectivity index (χ4n) is 5.17. The number of rotatable bonds is 11. The second-order valence-electron chi connectivity index (χ2n) is 10.5. The quantitative estimate of drug-likeness (QED) is 0.123. The minimum Gasteiger partial charge on any atom is -0.480 e. The van der Waals surface area contributed by atoms with E-state index in [2.05, 4.69) is 0 Å². The van der Waals surface area contributed by atoms with Crippen LogP contribution in [0.15, 0.2) is 30.3 Å². The van der Waals surface area contributed by atoms with Gasteiger partial charge in [0.1, 0.15) is 55.4 Å². The Balaban J connectivity index is 1.61. The second kappa shape index (κ2) is 15.1. The second-order valence-corrected chi connectivity index (χ2v) is 10.5. The minimum atomic E-state index is -1.68. The SMILES string of the molecule is C[C@@H]1O[C@@H](O[C@@H]2[C@@H](CO)OCC[C@H]2O[C@@H]2O[C@H](CO)[C@H](O)[C@H](OCC(=O)O)[C@H]2OC(=O)c2ccccc2)[C@@H](O)[C@H](O)[C@@H]1O. The van der Waals surface area contributed by atoms with Crippen LogP contribution in [0.1, 0.15) is 23.7 Å². The standard InChI is InChI=1S/C27H38O16/c1-12-18(32)20(34)21(35)26(39-12)43-22-14(7-8-37-16(22)10-29)40-27-24(42-25(36)13-5-3-2-4-6-13)23(38-11-17(30)31)19(33)15(9-28)41-27/h2-6,12,14-16,18-24,26-29,32-35H,7-11H2,1H3,(H,30,31)/t12-,14+,15+,16+,18+,19-,20+,21-,22-,23-,24+,26-,27+/m0/s1. The molecule has 43 heavy (non-hydrogen) atoms. The lowest BCUT2D eigenvalue weighted by molar-refractivity contribution is -0.354. The molecule has 4 rings (SSSR count). The van der Waals surface area contributed by atoms with E-state index in [1.165, 1.54) is 19.1 Å². The van der Waals surface area contributed by atoms with E-state index in [0.29, 0.717) is 0 Å². The van der Waals surface area contributed by atoms with Gasteiger partial charge in [-0.3, -0.25) is 0 Å². The number of hydrogen-bond donors (Lipinski definition) is 7. The molecule has 0 bridgehead atoms. The molecule has 3 saturated heterocycles. The first kappa shape index (κ1) is 33.6. The van der Waals surface area contributed by atoms with Gasteiger partial charge in [-0.2, -0.15) is 0 Å². The molecule has 16 nitrogen and oxygen atoms in total. The van der Waals surface area contributed by atoms with Gasteiger partial charge in [0.15, 0.2) is 18.7 Å². The maximum Gasteiger partial charge on any atom is 0.338 e. The first-order valence-electron chi connectivity index (χ1n) is 13.8. The van der Waals surface area contributed by atoms with Crippen LogP contribution < -0.4 is 0 Å². The lowest BCUT2D eigenvalue weighted by Crippen LogP contribution is -2.64. The normalized spacial score (nSPS) is 40.1. The summed E-state index contributed by atoms with van der Waals surface area (Å²) in [5.41, 5.74) is 0.128. The van der Waals surface area contributed by atoms with Crippen LogP contribution in [0.25, 0.3) is 0 Å². The lowest BCUT2D eigenvalue weighted by Gasteiger charge is -2.47. The molecule has 1 aromatic carbocycles. The predicted molar refractivity (Wildman–Crippen MR) is 138 cm³/mol. The number of carboxylic acid groups (broad SMARTS) is 1. The number of carbonyl (C=O) groups is 2. The number of esters is 1. The number of aliphatic hydroxyl groups is 6. The van der Waals surface area contributed by atoms with Gasteiger partial charge in [-0.15, -0.1) is 0 Å². The zero-order chi connectivity index (χ0) is 31.3. The van der Waals surface area contributed by atoms with Crippen molar-refractivity contribution >= 4 is 11.9 Å². The van der Waals surface area contributed by atoms with Crippen LogP contribution in [0, 0.1) is 0 Å². The van der Waals surface area contributed by atoms with Gasteiger partial charge in [0.05, 0.1) is 31.0 Å². The molecule has 1 aromatic rings. The molecule has 0 aromatic heterocycles. The number of ether oxygens (including phenoxy) is 7. The van der Waals surface area contributed by atoms with E-state index in [-0.39, 0.29) is 18.6 Å². The van der Waals surface area contributed by atoms with Crippen molar-refractivity contribution in [3.63, 3.8) is 0 Å². The minimum absolute atomic E-state index is 0.0633. The van der Waals surface area contributed by atoms with Crippen LogP contribution in [-0.4, -0.2) is 154 Å². The Morgan fingerprint density at radius 1 is 0.837 bits per heavy atom. The van der Waals surface area contributed by atoms with Gasteiger partial charge in [0, 0.05) is 6.61 Å². The lowest BCUT2D eigenvalue weighted by atomic mass is 9.97. The monoisotopic (exact) mass is 618 g/mol. The Morgan fingerprint density at radius 2 is 1.53 bits per heavy atom. The van der Waals surface area contributed by atoms with E-state index in [0.717, 1.165) is 0 Å². The van der Waals surface area contributed by atoms with Crippen LogP contribution in [0.2, 0.25) is 0 Å². The van der Waals surface area contributed by atoms with Crippen molar-refractivity contribution in [1.29, 1.82) is 0 Å². The summed E-state index contributed by atoms with van der Waals surface area (Å²) in [6.07, 6.45) is -17.8. The maximum absolute atomic E-state index is 13.0. The van der Waals surface area contributed by atoms with Crippen molar-refractivity contribution in [2.45, 2.75) is 93.1 Å². The number of aliphatic carboxylic acids is 1. The Bertz CT molecular complexity index is 1040. The molecule has 3 fully saturated rings. The molecule has 0 spiro atoms. The van der Waals surface area contributed by atoms with Crippen molar-refractivity contribution in [2.24, 2.45) is 0 Å². The molecular formula is C27H38O16. The first-order valence-corrected chi connectivity index (χ1v) is 13.8. The van der Waals surface area contributed by atoms with Crippen LogP contribution in [-0.2, 0) is 38.0 Å². The summed E-state index contributed by atoms with van der Waals surface area (Å²) in [6, 6.07) is 7.80. The third-order valence-corrected chi connectivity index (χ3v) is 7.51. The van der Waals surface area contributed by atoms with Crippen LogP contribution in [0.4, 0.5) is 0 Å². The highest BCUT2D eigenvalue weighted by molar-refractivity contribution is 5.89. The number of carbonyl (C=O) groups excluding carboxylic acids is 1. The van der Waals surface area contributed by atoms with E-state index in [1.807, 2.05) is 0 Å². The van der Waals surface area contributed by atoms with Crippen LogP contribution in [0.5, 0.6) is 0 Å². The smallest absolute Gasteiger partial charge is 0.338 e. The molecule has 3 aliphatic rings. The van der Waals surface area contributed by atoms with Crippen LogP contribution >= 0.6 is 0 Å². The van der Waals surface area contributed by atoms with Crippen molar-refractivity contribution in [2.75, 3.05) is 26.4 Å². The molecule has 0 amide bonds. The van der Waals surface area contributed by atoms with Gasteiger partial charge in [-0.05, 0) is 25.5 Å². The summed E-state index contributed by atoms with van der Waals surface area (Å²) in [6.45, 7) is -0.655. The Morgan fingerprint density at radius 3 is 2.19 bits per heavy atom. The van der Waals surface area contributed by atoms with Gasteiger partial charge in [0.2, 0.25) is 0 Å².